The van der Waals surface area contributed by atoms with Gasteiger partial charge in [-0.05, 0) is 30.5 Å². The third kappa shape index (κ3) is 4.97. The number of hydrogen-bond acceptors (Lipinski definition) is 3. The Morgan fingerprint density at radius 3 is 2.44 bits per heavy atom. The Kier molecular flexibility index (Phi) is 5.91. The number of aryl methyl sites for hydroxylation is 2. The maximum atomic E-state index is 12.4. The van der Waals surface area contributed by atoms with Crippen LogP contribution < -0.4 is 4.74 Å². The molecule has 0 aliphatic heterocycles. The quantitative estimate of drug-likeness (QED) is 0.645. The second-order valence-electron chi connectivity index (χ2n) is 6.79. The normalized spacial score (nSPS) is 10.6. The predicted octanol–water partition coefficient (Wildman–Crippen LogP) is 3.59. The van der Waals surface area contributed by atoms with Crippen LogP contribution in [0.15, 0.2) is 60.9 Å². The number of ether oxygens (including phenoxy) is 1. The highest BCUT2D eigenvalue weighted by Gasteiger charge is 2.13. The SMILES string of the molecule is Cc1cccc(C)c1OCC(=O)N(C)Cc1cnn(Cc2ccccc2)c1. The number of para-hydroxylation sites is 1. The molecule has 0 spiro atoms. The van der Waals surface area contributed by atoms with Crippen molar-refractivity contribution < 1.29 is 9.53 Å². The number of hydrogen-bond donors (Lipinski definition) is 0. The molecule has 5 nitrogen and oxygen atoms in total. The third-order valence-electron chi connectivity index (χ3n) is 4.47. The summed E-state index contributed by atoms with van der Waals surface area (Å²) in [7, 11) is 1.78. The van der Waals surface area contributed by atoms with Crippen LogP contribution in [-0.4, -0.2) is 34.2 Å². The summed E-state index contributed by atoms with van der Waals surface area (Å²) < 4.78 is 7.65. The number of carbonyl (C=O) groups excluding carboxylic acids is 1. The lowest BCUT2D eigenvalue weighted by Crippen LogP contribution is -2.31. The van der Waals surface area contributed by atoms with E-state index >= 15 is 0 Å². The van der Waals surface area contributed by atoms with Crippen LogP contribution in [0.1, 0.15) is 22.3 Å². The highest BCUT2D eigenvalue weighted by atomic mass is 16.5. The molecular weight excluding hydrogens is 338 g/mol. The summed E-state index contributed by atoms with van der Waals surface area (Å²) in [4.78, 5) is 14.1. The fraction of sp³-hybridized carbons (Fsp3) is 0.273. The lowest BCUT2D eigenvalue weighted by molar-refractivity contribution is -0.132. The van der Waals surface area contributed by atoms with Crippen molar-refractivity contribution in [2.75, 3.05) is 13.7 Å². The molecule has 1 heterocycles. The number of benzene rings is 2. The number of likely N-dealkylation sites (N-methyl/N-ethyl adjacent to an activating group) is 1. The van der Waals surface area contributed by atoms with Gasteiger partial charge >= 0.3 is 0 Å². The van der Waals surface area contributed by atoms with E-state index in [-0.39, 0.29) is 12.5 Å². The van der Waals surface area contributed by atoms with E-state index in [4.69, 9.17) is 4.74 Å². The summed E-state index contributed by atoms with van der Waals surface area (Å²) in [5.74, 6) is 0.725. The molecule has 0 aliphatic rings. The van der Waals surface area contributed by atoms with Gasteiger partial charge in [0, 0.05) is 25.4 Å². The number of carbonyl (C=O) groups is 1. The minimum Gasteiger partial charge on any atom is -0.483 e. The zero-order chi connectivity index (χ0) is 19.2. The molecule has 3 aromatic rings. The number of nitrogens with zero attached hydrogens (tertiary/aromatic N) is 3. The number of aromatic nitrogens is 2. The topological polar surface area (TPSA) is 47.4 Å². The summed E-state index contributed by atoms with van der Waals surface area (Å²) in [6.45, 7) is 5.22. The van der Waals surface area contributed by atoms with E-state index in [0.717, 1.165) is 22.4 Å². The lowest BCUT2D eigenvalue weighted by Gasteiger charge is -2.18. The standard InChI is InChI=1S/C22H25N3O2/c1-17-8-7-9-18(2)22(17)27-16-21(26)24(3)13-20-12-23-25(15-20)14-19-10-5-4-6-11-19/h4-12,15H,13-14,16H2,1-3H3. The summed E-state index contributed by atoms with van der Waals surface area (Å²) in [6, 6.07) is 16.1. The van der Waals surface area contributed by atoms with E-state index in [1.54, 1.807) is 18.1 Å². The Balaban J connectivity index is 1.54. The maximum Gasteiger partial charge on any atom is 0.260 e. The third-order valence-corrected chi connectivity index (χ3v) is 4.47. The molecule has 3 rings (SSSR count). The summed E-state index contributed by atoms with van der Waals surface area (Å²) in [6.07, 6.45) is 3.78. The zero-order valence-corrected chi connectivity index (χ0v) is 16.1. The van der Waals surface area contributed by atoms with Gasteiger partial charge < -0.3 is 9.64 Å². The van der Waals surface area contributed by atoms with Crippen LogP contribution in [0.25, 0.3) is 0 Å². The molecule has 0 fully saturated rings. The maximum absolute atomic E-state index is 12.4. The van der Waals surface area contributed by atoms with E-state index in [0.29, 0.717) is 13.1 Å². The zero-order valence-electron chi connectivity index (χ0n) is 16.1. The fourth-order valence-corrected chi connectivity index (χ4v) is 2.98. The van der Waals surface area contributed by atoms with Gasteiger partial charge in [-0.25, -0.2) is 0 Å². The first-order chi connectivity index (χ1) is 13.0. The van der Waals surface area contributed by atoms with Gasteiger partial charge in [-0.1, -0.05) is 48.5 Å². The van der Waals surface area contributed by atoms with E-state index in [9.17, 15) is 4.79 Å². The number of amides is 1. The van der Waals surface area contributed by atoms with Crippen molar-refractivity contribution in [2.24, 2.45) is 0 Å². The van der Waals surface area contributed by atoms with Crippen LogP contribution in [0, 0.1) is 13.8 Å². The van der Waals surface area contributed by atoms with Crippen molar-refractivity contribution in [3.8, 4) is 5.75 Å². The molecule has 0 N–H and O–H groups in total. The van der Waals surface area contributed by atoms with Crippen molar-refractivity contribution in [1.29, 1.82) is 0 Å². The Morgan fingerprint density at radius 2 is 1.74 bits per heavy atom. The first-order valence-electron chi connectivity index (χ1n) is 9.01. The van der Waals surface area contributed by atoms with Crippen molar-refractivity contribution >= 4 is 5.91 Å². The Labute approximate surface area is 160 Å². The molecule has 0 unspecified atom stereocenters. The molecule has 1 aromatic heterocycles. The molecule has 1 amide bonds. The van der Waals surface area contributed by atoms with Gasteiger partial charge in [0.2, 0.25) is 0 Å². The van der Waals surface area contributed by atoms with Gasteiger partial charge in [0.15, 0.2) is 6.61 Å². The molecule has 0 saturated carbocycles. The summed E-state index contributed by atoms with van der Waals surface area (Å²) in [5, 5.41) is 4.39. The Hall–Kier alpha value is -3.08. The first-order valence-corrected chi connectivity index (χ1v) is 9.01. The van der Waals surface area contributed by atoms with Gasteiger partial charge in [-0.3, -0.25) is 9.48 Å². The average Bonchev–Trinajstić information content (AvgIpc) is 3.08. The molecule has 5 heteroatoms. The smallest absolute Gasteiger partial charge is 0.260 e. The van der Waals surface area contributed by atoms with E-state index in [1.807, 2.05) is 61.1 Å². The van der Waals surface area contributed by atoms with Crippen molar-refractivity contribution in [3.63, 3.8) is 0 Å². The van der Waals surface area contributed by atoms with Crippen molar-refractivity contribution in [1.82, 2.24) is 14.7 Å². The van der Waals surface area contributed by atoms with Crippen molar-refractivity contribution in [2.45, 2.75) is 26.9 Å². The van der Waals surface area contributed by atoms with Crippen LogP contribution in [0.5, 0.6) is 5.75 Å². The van der Waals surface area contributed by atoms with Crippen LogP contribution >= 0.6 is 0 Å². The van der Waals surface area contributed by atoms with Crippen LogP contribution in [-0.2, 0) is 17.9 Å². The molecule has 0 radical (unpaired) electrons. The Bertz CT molecular complexity index is 883. The summed E-state index contributed by atoms with van der Waals surface area (Å²) in [5.41, 5.74) is 4.26. The molecular formula is C22H25N3O2. The average molecular weight is 363 g/mol. The molecule has 0 atom stereocenters. The lowest BCUT2D eigenvalue weighted by atomic mass is 10.1. The second-order valence-corrected chi connectivity index (χ2v) is 6.79. The molecule has 2 aromatic carbocycles. The molecule has 140 valence electrons. The Morgan fingerprint density at radius 1 is 1.04 bits per heavy atom. The van der Waals surface area contributed by atoms with Gasteiger partial charge in [0.25, 0.3) is 5.91 Å². The minimum atomic E-state index is -0.0616. The minimum absolute atomic E-state index is 0.0281. The molecule has 0 saturated heterocycles. The molecule has 0 bridgehead atoms. The van der Waals surface area contributed by atoms with E-state index < -0.39 is 0 Å². The van der Waals surface area contributed by atoms with Crippen LogP contribution in [0.2, 0.25) is 0 Å². The summed E-state index contributed by atoms with van der Waals surface area (Å²) >= 11 is 0. The first kappa shape index (κ1) is 18.7. The predicted molar refractivity (Wildman–Crippen MR) is 106 cm³/mol. The van der Waals surface area contributed by atoms with Crippen LogP contribution in [0.3, 0.4) is 0 Å². The largest absolute Gasteiger partial charge is 0.483 e. The van der Waals surface area contributed by atoms with Crippen LogP contribution in [0.4, 0.5) is 0 Å². The monoisotopic (exact) mass is 363 g/mol. The van der Waals surface area contributed by atoms with Gasteiger partial charge in [0.05, 0.1) is 12.7 Å². The fourth-order valence-electron chi connectivity index (χ4n) is 2.98. The second kappa shape index (κ2) is 8.54. The van der Waals surface area contributed by atoms with E-state index in [2.05, 4.69) is 17.2 Å². The number of rotatable bonds is 7. The molecule has 0 aliphatic carbocycles. The van der Waals surface area contributed by atoms with Gasteiger partial charge in [0.1, 0.15) is 5.75 Å². The molecule has 27 heavy (non-hydrogen) atoms. The highest BCUT2D eigenvalue weighted by molar-refractivity contribution is 5.77. The van der Waals surface area contributed by atoms with E-state index in [1.165, 1.54) is 5.56 Å². The van der Waals surface area contributed by atoms with Crippen molar-refractivity contribution in [3.05, 3.63) is 83.2 Å². The highest BCUT2D eigenvalue weighted by Crippen LogP contribution is 2.22. The van der Waals surface area contributed by atoms with Gasteiger partial charge in [-0.15, -0.1) is 0 Å². The van der Waals surface area contributed by atoms with Gasteiger partial charge in [-0.2, -0.15) is 5.10 Å².